The number of carbonyl (C=O) groups excluding carboxylic acids is 1. The molecule has 0 radical (unpaired) electrons. The molecule has 2 heterocycles. The van der Waals surface area contributed by atoms with Crippen molar-refractivity contribution in [1.29, 1.82) is 0 Å². The standard InChI is InChI=1S/C28H24F4N4O/c29-20-4-8-21(9-5-20)34-23-12-15-36(16-13-23)27(37)18-1-6-22(7-2-18)35-25-11-14-33-26-17-19(28(30,31)32)3-10-24(25)26/h1-11,14,17,23,34H,12-13,15-16H2,(H,33,35). The number of nitrogens with zero attached hydrogens (tertiary/aromatic N) is 2. The third-order valence-corrected chi connectivity index (χ3v) is 6.48. The molecular weight excluding hydrogens is 484 g/mol. The minimum atomic E-state index is -4.43. The lowest BCUT2D eigenvalue weighted by atomic mass is 10.0. The molecule has 1 fully saturated rings. The van der Waals surface area contributed by atoms with E-state index in [4.69, 9.17) is 0 Å². The zero-order chi connectivity index (χ0) is 26.0. The van der Waals surface area contributed by atoms with Crippen LogP contribution in [0.3, 0.4) is 0 Å². The fourth-order valence-electron chi connectivity index (χ4n) is 4.48. The Bertz CT molecular complexity index is 1400. The number of benzene rings is 3. The van der Waals surface area contributed by atoms with E-state index < -0.39 is 11.7 Å². The molecule has 0 bridgehead atoms. The average molecular weight is 509 g/mol. The van der Waals surface area contributed by atoms with Gasteiger partial charge in [-0.25, -0.2) is 4.39 Å². The summed E-state index contributed by atoms with van der Waals surface area (Å²) in [4.78, 5) is 18.9. The Hall–Kier alpha value is -4.14. The lowest BCUT2D eigenvalue weighted by Crippen LogP contribution is -2.42. The molecular formula is C28H24F4N4O. The summed E-state index contributed by atoms with van der Waals surface area (Å²) in [7, 11) is 0. The minimum Gasteiger partial charge on any atom is -0.382 e. The van der Waals surface area contributed by atoms with Crippen LogP contribution in [-0.2, 0) is 6.18 Å². The normalized spacial score (nSPS) is 14.5. The van der Waals surface area contributed by atoms with Gasteiger partial charge in [-0.15, -0.1) is 0 Å². The van der Waals surface area contributed by atoms with Gasteiger partial charge in [0.2, 0.25) is 0 Å². The maximum atomic E-state index is 13.1. The van der Waals surface area contributed by atoms with Crippen molar-refractivity contribution in [2.75, 3.05) is 23.7 Å². The van der Waals surface area contributed by atoms with Gasteiger partial charge in [0, 0.05) is 53.3 Å². The molecule has 0 spiro atoms. The molecule has 5 nitrogen and oxygen atoms in total. The highest BCUT2D eigenvalue weighted by molar-refractivity contribution is 5.96. The van der Waals surface area contributed by atoms with Gasteiger partial charge in [-0.05, 0) is 79.6 Å². The summed E-state index contributed by atoms with van der Waals surface area (Å²) in [5, 5.41) is 7.16. The molecule has 2 N–H and O–H groups in total. The predicted molar refractivity (Wildman–Crippen MR) is 135 cm³/mol. The fraction of sp³-hybridized carbons (Fsp3) is 0.214. The zero-order valence-electron chi connectivity index (χ0n) is 19.7. The number of fused-ring (bicyclic) bond motifs is 1. The second-order valence-electron chi connectivity index (χ2n) is 9.01. The Balaban J connectivity index is 1.21. The molecule has 0 atom stereocenters. The molecule has 5 rings (SSSR count). The van der Waals surface area contributed by atoms with Gasteiger partial charge in [-0.2, -0.15) is 13.2 Å². The van der Waals surface area contributed by atoms with E-state index in [1.165, 1.54) is 24.4 Å². The summed E-state index contributed by atoms with van der Waals surface area (Å²) in [6, 6.07) is 18.6. The van der Waals surface area contributed by atoms with Crippen LogP contribution >= 0.6 is 0 Å². The quantitative estimate of drug-likeness (QED) is 0.290. The number of hydrogen-bond donors (Lipinski definition) is 2. The second-order valence-corrected chi connectivity index (χ2v) is 9.01. The number of pyridine rings is 1. The largest absolute Gasteiger partial charge is 0.416 e. The lowest BCUT2D eigenvalue weighted by molar-refractivity contribution is -0.137. The Morgan fingerprint density at radius 1 is 0.892 bits per heavy atom. The summed E-state index contributed by atoms with van der Waals surface area (Å²) in [5.74, 6) is -0.332. The Morgan fingerprint density at radius 2 is 1.57 bits per heavy atom. The molecule has 190 valence electrons. The van der Waals surface area contributed by atoms with E-state index in [0.29, 0.717) is 35.4 Å². The number of hydrogen-bond acceptors (Lipinski definition) is 4. The van der Waals surface area contributed by atoms with Crippen molar-refractivity contribution in [2.24, 2.45) is 0 Å². The number of halogens is 4. The first-order chi connectivity index (χ1) is 17.8. The second kappa shape index (κ2) is 10.1. The van der Waals surface area contributed by atoms with Crippen molar-refractivity contribution in [3.8, 4) is 0 Å². The van der Waals surface area contributed by atoms with E-state index in [1.54, 1.807) is 42.5 Å². The summed E-state index contributed by atoms with van der Waals surface area (Å²) in [5.41, 5.74) is 2.23. The SMILES string of the molecule is O=C(c1ccc(Nc2ccnc3cc(C(F)(F)F)ccc23)cc1)N1CCC(Nc2ccc(F)cc2)CC1. The molecule has 3 aromatic carbocycles. The molecule has 0 aliphatic carbocycles. The van der Waals surface area contributed by atoms with Gasteiger partial charge < -0.3 is 15.5 Å². The van der Waals surface area contributed by atoms with Gasteiger partial charge in [-0.3, -0.25) is 9.78 Å². The number of anilines is 3. The molecule has 1 saturated heterocycles. The lowest BCUT2D eigenvalue weighted by Gasteiger charge is -2.33. The number of nitrogens with one attached hydrogen (secondary N) is 2. The van der Waals surface area contributed by atoms with Gasteiger partial charge in [0.25, 0.3) is 5.91 Å². The molecule has 1 aliphatic heterocycles. The molecule has 37 heavy (non-hydrogen) atoms. The van der Waals surface area contributed by atoms with Crippen LogP contribution in [0.25, 0.3) is 10.9 Å². The number of likely N-dealkylation sites (tertiary alicyclic amines) is 1. The molecule has 9 heteroatoms. The van der Waals surface area contributed by atoms with E-state index >= 15 is 0 Å². The maximum absolute atomic E-state index is 13.1. The van der Waals surface area contributed by atoms with Crippen molar-refractivity contribution in [3.63, 3.8) is 0 Å². The molecule has 1 aliphatic rings. The van der Waals surface area contributed by atoms with E-state index in [9.17, 15) is 22.4 Å². The van der Waals surface area contributed by atoms with E-state index in [0.717, 1.165) is 30.7 Å². The van der Waals surface area contributed by atoms with Crippen LogP contribution in [0.4, 0.5) is 34.6 Å². The Morgan fingerprint density at radius 3 is 2.24 bits per heavy atom. The van der Waals surface area contributed by atoms with Gasteiger partial charge in [0.1, 0.15) is 5.82 Å². The number of carbonyl (C=O) groups is 1. The highest BCUT2D eigenvalue weighted by atomic mass is 19.4. The highest BCUT2D eigenvalue weighted by Crippen LogP contribution is 2.33. The van der Waals surface area contributed by atoms with Crippen molar-refractivity contribution in [1.82, 2.24) is 9.88 Å². The number of aromatic nitrogens is 1. The van der Waals surface area contributed by atoms with Crippen LogP contribution in [0.1, 0.15) is 28.8 Å². The van der Waals surface area contributed by atoms with Crippen molar-refractivity contribution >= 4 is 33.9 Å². The first kappa shape index (κ1) is 24.5. The summed E-state index contributed by atoms with van der Waals surface area (Å²) < 4.78 is 52.2. The van der Waals surface area contributed by atoms with Gasteiger partial charge in [-0.1, -0.05) is 6.07 Å². The van der Waals surface area contributed by atoms with Crippen molar-refractivity contribution in [2.45, 2.75) is 25.1 Å². The topological polar surface area (TPSA) is 57.3 Å². The van der Waals surface area contributed by atoms with E-state index in [1.807, 2.05) is 4.90 Å². The van der Waals surface area contributed by atoms with Gasteiger partial charge in [0.05, 0.1) is 11.1 Å². The molecule has 0 unspecified atom stereocenters. The number of piperidine rings is 1. The Kier molecular flexibility index (Phi) is 6.69. The highest BCUT2D eigenvalue weighted by Gasteiger charge is 2.30. The molecule has 4 aromatic rings. The first-order valence-corrected chi connectivity index (χ1v) is 11.9. The van der Waals surface area contributed by atoms with Crippen LogP contribution in [0, 0.1) is 5.82 Å². The third kappa shape index (κ3) is 5.66. The number of alkyl halides is 3. The number of rotatable bonds is 5. The Labute approximate surface area is 211 Å². The van der Waals surface area contributed by atoms with Crippen molar-refractivity contribution < 1.29 is 22.4 Å². The first-order valence-electron chi connectivity index (χ1n) is 11.9. The smallest absolute Gasteiger partial charge is 0.382 e. The zero-order valence-corrected chi connectivity index (χ0v) is 19.7. The van der Waals surface area contributed by atoms with Crippen LogP contribution in [0.2, 0.25) is 0 Å². The third-order valence-electron chi connectivity index (χ3n) is 6.48. The van der Waals surface area contributed by atoms with E-state index in [-0.39, 0.29) is 23.3 Å². The average Bonchev–Trinajstić information content (AvgIpc) is 2.90. The van der Waals surface area contributed by atoms with Gasteiger partial charge in [0.15, 0.2) is 0 Å². The van der Waals surface area contributed by atoms with Crippen LogP contribution in [0.5, 0.6) is 0 Å². The fourth-order valence-corrected chi connectivity index (χ4v) is 4.48. The molecule has 1 amide bonds. The molecule has 0 saturated carbocycles. The summed E-state index contributed by atoms with van der Waals surface area (Å²) in [6.07, 6.45) is -1.41. The minimum absolute atomic E-state index is 0.0548. The van der Waals surface area contributed by atoms with E-state index in [2.05, 4.69) is 15.6 Å². The van der Waals surface area contributed by atoms with Gasteiger partial charge >= 0.3 is 6.18 Å². The monoisotopic (exact) mass is 508 g/mol. The summed E-state index contributed by atoms with van der Waals surface area (Å²) >= 11 is 0. The number of amides is 1. The predicted octanol–water partition coefficient (Wildman–Crippen LogP) is 6.85. The summed E-state index contributed by atoms with van der Waals surface area (Å²) in [6.45, 7) is 1.22. The van der Waals surface area contributed by atoms with Crippen LogP contribution < -0.4 is 10.6 Å². The maximum Gasteiger partial charge on any atom is 0.416 e. The molecule has 1 aromatic heterocycles. The van der Waals surface area contributed by atoms with Crippen LogP contribution in [-0.4, -0.2) is 34.9 Å². The van der Waals surface area contributed by atoms with Crippen LogP contribution in [0.15, 0.2) is 79.0 Å². The van der Waals surface area contributed by atoms with Crippen molar-refractivity contribution in [3.05, 3.63) is 95.9 Å².